The second-order valence-corrected chi connectivity index (χ2v) is 5.92. The summed E-state index contributed by atoms with van der Waals surface area (Å²) in [6.45, 7) is 3.35. The van der Waals surface area contributed by atoms with Gasteiger partial charge in [0.05, 0.1) is 13.2 Å². The number of carbonyl (C=O) groups is 1. The zero-order valence-corrected chi connectivity index (χ0v) is 12.6. The minimum absolute atomic E-state index is 0.00276. The molecule has 22 heavy (non-hydrogen) atoms. The highest BCUT2D eigenvalue weighted by molar-refractivity contribution is 5.70. The van der Waals surface area contributed by atoms with Crippen LogP contribution in [0.5, 0.6) is 5.75 Å². The van der Waals surface area contributed by atoms with E-state index in [-0.39, 0.29) is 18.3 Å². The van der Waals surface area contributed by atoms with Gasteiger partial charge in [0.25, 0.3) is 0 Å². The number of nitrogens with zero attached hydrogens (tertiary/aromatic N) is 1. The molecule has 0 aliphatic carbocycles. The van der Waals surface area contributed by atoms with Gasteiger partial charge < -0.3 is 19.9 Å². The number of amides is 1. The molecule has 2 saturated heterocycles. The van der Waals surface area contributed by atoms with Gasteiger partial charge in [-0.2, -0.15) is 0 Å². The number of carbonyl (C=O) groups excluding carboxylic acids is 1. The SMILES string of the molecule is O=C1NC[C@]2(CCCN(Cc3ccccc3OCCO)C2)O1. The van der Waals surface area contributed by atoms with E-state index in [0.29, 0.717) is 13.2 Å². The molecule has 1 spiro atoms. The lowest BCUT2D eigenvalue weighted by atomic mass is 9.92. The van der Waals surface area contributed by atoms with Crippen LogP contribution in [-0.4, -0.2) is 54.5 Å². The van der Waals surface area contributed by atoms with Crippen molar-refractivity contribution in [1.82, 2.24) is 10.2 Å². The third-order valence-corrected chi connectivity index (χ3v) is 4.20. The van der Waals surface area contributed by atoms with E-state index in [1.165, 1.54) is 0 Å². The first-order chi connectivity index (χ1) is 10.7. The quantitative estimate of drug-likeness (QED) is 0.853. The van der Waals surface area contributed by atoms with Crippen molar-refractivity contribution in [2.24, 2.45) is 0 Å². The molecule has 0 saturated carbocycles. The van der Waals surface area contributed by atoms with Crippen LogP contribution in [0.1, 0.15) is 18.4 Å². The van der Waals surface area contributed by atoms with Crippen LogP contribution in [0.3, 0.4) is 0 Å². The number of hydrogen-bond donors (Lipinski definition) is 2. The number of aliphatic hydroxyl groups is 1. The van der Waals surface area contributed by atoms with Crippen molar-refractivity contribution >= 4 is 6.09 Å². The van der Waals surface area contributed by atoms with Crippen molar-refractivity contribution in [2.45, 2.75) is 25.0 Å². The number of aliphatic hydroxyl groups excluding tert-OH is 1. The van der Waals surface area contributed by atoms with E-state index in [0.717, 1.165) is 43.8 Å². The van der Waals surface area contributed by atoms with Gasteiger partial charge >= 0.3 is 6.09 Å². The first kappa shape index (κ1) is 15.1. The van der Waals surface area contributed by atoms with Crippen LogP contribution in [0.15, 0.2) is 24.3 Å². The summed E-state index contributed by atoms with van der Waals surface area (Å²) in [5.74, 6) is 0.803. The number of benzene rings is 1. The van der Waals surface area contributed by atoms with Crippen LogP contribution in [-0.2, 0) is 11.3 Å². The van der Waals surface area contributed by atoms with Crippen LogP contribution in [0, 0.1) is 0 Å². The minimum Gasteiger partial charge on any atom is -0.491 e. The molecule has 2 aliphatic heterocycles. The van der Waals surface area contributed by atoms with Crippen LogP contribution >= 0.6 is 0 Å². The molecule has 6 heteroatoms. The molecule has 1 atom stereocenters. The lowest BCUT2D eigenvalue weighted by molar-refractivity contribution is -0.0113. The molecule has 1 aromatic carbocycles. The lowest BCUT2D eigenvalue weighted by Crippen LogP contribution is -2.50. The molecule has 2 aliphatic rings. The Labute approximate surface area is 130 Å². The van der Waals surface area contributed by atoms with E-state index in [1.807, 2.05) is 24.3 Å². The highest BCUT2D eigenvalue weighted by Crippen LogP contribution is 2.30. The largest absolute Gasteiger partial charge is 0.491 e. The molecule has 6 nitrogen and oxygen atoms in total. The summed E-state index contributed by atoms with van der Waals surface area (Å²) >= 11 is 0. The number of nitrogens with one attached hydrogen (secondary N) is 1. The van der Waals surface area contributed by atoms with Crippen molar-refractivity contribution in [1.29, 1.82) is 0 Å². The van der Waals surface area contributed by atoms with Crippen molar-refractivity contribution < 1.29 is 19.4 Å². The van der Waals surface area contributed by atoms with Crippen molar-refractivity contribution in [3.63, 3.8) is 0 Å². The summed E-state index contributed by atoms with van der Waals surface area (Å²) in [5, 5.41) is 11.7. The molecule has 1 aromatic rings. The summed E-state index contributed by atoms with van der Waals surface area (Å²) in [4.78, 5) is 13.7. The Morgan fingerprint density at radius 2 is 2.27 bits per heavy atom. The van der Waals surface area contributed by atoms with E-state index in [4.69, 9.17) is 14.6 Å². The van der Waals surface area contributed by atoms with E-state index >= 15 is 0 Å². The van der Waals surface area contributed by atoms with Gasteiger partial charge in [-0.15, -0.1) is 0 Å². The topological polar surface area (TPSA) is 71.0 Å². The van der Waals surface area contributed by atoms with Gasteiger partial charge in [-0.1, -0.05) is 18.2 Å². The second-order valence-electron chi connectivity index (χ2n) is 5.92. The standard InChI is InChI=1S/C16H22N2O4/c19-8-9-21-14-5-2-1-4-13(14)10-18-7-3-6-16(12-18)11-17-15(20)22-16/h1-2,4-5,19H,3,6-12H2,(H,17,20)/t16-/m0/s1. The van der Waals surface area contributed by atoms with Gasteiger partial charge in [0.15, 0.2) is 0 Å². The predicted octanol–water partition coefficient (Wildman–Crippen LogP) is 1.13. The fourth-order valence-corrected chi connectivity index (χ4v) is 3.23. The molecule has 3 rings (SSSR count). The molecule has 0 bridgehead atoms. The number of ether oxygens (including phenoxy) is 2. The molecule has 0 aromatic heterocycles. The lowest BCUT2D eigenvalue weighted by Gasteiger charge is -2.38. The normalized spacial score (nSPS) is 25.0. The third-order valence-electron chi connectivity index (χ3n) is 4.20. The molecule has 0 unspecified atom stereocenters. The summed E-state index contributed by atoms with van der Waals surface area (Å²) in [7, 11) is 0. The maximum absolute atomic E-state index is 11.4. The molecule has 2 fully saturated rings. The van der Waals surface area contributed by atoms with Crippen LogP contribution < -0.4 is 10.1 Å². The van der Waals surface area contributed by atoms with Gasteiger partial charge in [-0.3, -0.25) is 4.90 Å². The fraction of sp³-hybridized carbons (Fsp3) is 0.562. The maximum atomic E-state index is 11.4. The molecule has 2 N–H and O–H groups in total. The van der Waals surface area contributed by atoms with Crippen LogP contribution in [0.25, 0.3) is 0 Å². The summed E-state index contributed by atoms with van der Waals surface area (Å²) in [6, 6.07) is 7.86. The molecule has 120 valence electrons. The number of rotatable bonds is 5. The minimum atomic E-state index is -0.379. The Bertz CT molecular complexity index is 537. The van der Waals surface area contributed by atoms with E-state index < -0.39 is 0 Å². The van der Waals surface area contributed by atoms with Crippen LogP contribution in [0.2, 0.25) is 0 Å². The van der Waals surface area contributed by atoms with Gasteiger partial charge in [0, 0.05) is 18.7 Å². The summed E-state index contributed by atoms with van der Waals surface area (Å²) < 4.78 is 11.1. The average Bonchev–Trinajstić information content (AvgIpc) is 2.87. The highest BCUT2D eigenvalue weighted by atomic mass is 16.6. The summed E-state index contributed by atoms with van der Waals surface area (Å²) in [6.07, 6.45) is 1.60. The Kier molecular flexibility index (Phi) is 4.49. The zero-order chi connectivity index (χ0) is 15.4. The smallest absolute Gasteiger partial charge is 0.407 e. The number of piperidine rings is 1. The van der Waals surface area contributed by atoms with Gasteiger partial charge in [0.1, 0.15) is 18.0 Å². The van der Waals surface area contributed by atoms with Gasteiger partial charge in [-0.05, 0) is 25.5 Å². The number of hydrogen-bond acceptors (Lipinski definition) is 5. The summed E-state index contributed by atoms with van der Waals surface area (Å²) in [5.41, 5.74) is 0.709. The number of alkyl carbamates (subject to hydrolysis) is 1. The van der Waals surface area contributed by atoms with E-state index in [1.54, 1.807) is 0 Å². The highest BCUT2D eigenvalue weighted by Gasteiger charge is 2.43. The molecule has 1 amide bonds. The maximum Gasteiger partial charge on any atom is 0.407 e. The van der Waals surface area contributed by atoms with Crippen LogP contribution in [0.4, 0.5) is 4.79 Å². The van der Waals surface area contributed by atoms with Gasteiger partial charge in [-0.25, -0.2) is 4.79 Å². The third kappa shape index (κ3) is 3.34. The molecule has 0 radical (unpaired) electrons. The van der Waals surface area contributed by atoms with Crippen molar-refractivity contribution in [3.8, 4) is 5.75 Å². The Balaban J connectivity index is 1.67. The monoisotopic (exact) mass is 306 g/mol. The Morgan fingerprint density at radius 3 is 3.05 bits per heavy atom. The Morgan fingerprint density at radius 1 is 1.41 bits per heavy atom. The predicted molar refractivity (Wildman–Crippen MR) is 80.7 cm³/mol. The zero-order valence-electron chi connectivity index (χ0n) is 12.6. The van der Waals surface area contributed by atoms with Crippen molar-refractivity contribution in [2.75, 3.05) is 32.8 Å². The number of likely N-dealkylation sites (tertiary alicyclic amines) is 1. The first-order valence-electron chi connectivity index (χ1n) is 7.72. The van der Waals surface area contributed by atoms with Crippen molar-refractivity contribution in [3.05, 3.63) is 29.8 Å². The Hall–Kier alpha value is -1.79. The fourth-order valence-electron chi connectivity index (χ4n) is 3.23. The van der Waals surface area contributed by atoms with E-state index in [9.17, 15) is 4.79 Å². The molecular weight excluding hydrogens is 284 g/mol. The van der Waals surface area contributed by atoms with Gasteiger partial charge in [0.2, 0.25) is 0 Å². The average molecular weight is 306 g/mol. The molecular formula is C16H22N2O4. The number of para-hydroxylation sites is 1. The second kappa shape index (κ2) is 6.54. The van der Waals surface area contributed by atoms with E-state index in [2.05, 4.69) is 10.2 Å². The first-order valence-corrected chi connectivity index (χ1v) is 7.72. The molecule has 2 heterocycles.